The molecule has 3 heterocycles. The zero-order valence-corrected chi connectivity index (χ0v) is 16.9. The Kier molecular flexibility index (Phi) is 5.45. The summed E-state index contributed by atoms with van der Waals surface area (Å²) < 4.78 is 14.9. The molecule has 0 spiro atoms. The van der Waals surface area contributed by atoms with Gasteiger partial charge in [-0.2, -0.15) is 11.8 Å². The molecular weight excluding hydrogens is 393 g/mol. The van der Waals surface area contributed by atoms with Gasteiger partial charge in [-0.3, -0.25) is 14.4 Å². The zero-order valence-electron chi connectivity index (χ0n) is 16.1. The number of piperidine rings is 1. The molecule has 0 saturated carbocycles. The van der Waals surface area contributed by atoms with Crippen molar-refractivity contribution >= 4 is 29.3 Å². The van der Waals surface area contributed by atoms with E-state index in [4.69, 9.17) is 0 Å². The molecule has 4 rings (SSSR count). The number of carbonyl (C=O) groups excluding carboxylic acids is 2. The Labute approximate surface area is 172 Å². The Hall–Kier alpha value is -2.61. The van der Waals surface area contributed by atoms with E-state index in [-0.39, 0.29) is 35.0 Å². The molecule has 2 bridgehead atoms. The van der Waals surface area contributed by atoms with Crippen LogP contribution in [0.4, 0.5) is 10.1 Å². The highest BCUT2D eigenvalue weighted by atomic mass is 32.2. The molecule has 1 fully saturated rings. The number of hydrogen-bond donors (Lipinski definition) is 1. The topological polar surface area (TPSA) is 71.4 Å². The second-order valence-electron chi connectivity index (χ2n) is 7.58. The Balaban J connectivity index is 1.63. The summed E-state index contributed by atoms with van der Waals surface area (Å²) in [6.07, 6.45) is 2.72. The van der Waals surface area contributed by atoms with Crippen LogP contribution >= 0.6 is 11.8 Å². The van der Waals surface area contributed by atoms with E-state index >= 15 is 0 Å². The number of thioether (sulfide) groups is 1. The molecule has 2 aromatic rings. The van der Waals surface area contributed by atoms with Crippen molar-refractivity contribution in [1.29, 1.82) is 0 Å². The van der Waals surface area contributed by atoms with Gasteiger partial charge in [0.25, 0.3) is 11.5 Å². The van der Waals surface area contributed by atoms with Crippen LogP contribution in [0.15, 0.2) is 41.2 Å². The van der Waals surface area contributed by atoms with Crippen molar-refractivity contribution in [3.05, 3.63) is 63.8 Å². The van der Waals surface area contributed by atoms with Crippen LogP contribution in [-0.2, 0) is 11.3 Å². The Morgan fingerprint density at radius 2 is 1.90 bits per heavy atom. The molecule has 2 atom stereocenters. The van der Waals surface area contributed by atoms with E-state index in [9.17, 15) is 18.8 Å². The maximum absolute atomic E-state index is 13.2. The molecular formula is C21H22FN3O3S. The van der Waals surface area contributed by atoms with Gasteiger partial charge in [0, 0.05) is 42.9 Å². The molecule has 0 radical (unpaired) electrons. The van der Waals surface area contributed by atoms with Gasteiger partial charge in [-0.1, -0.05) is 0 Å². The molecule has 6 nitrogen and oxygen atoms in total. The second kappa shape index (κ2) is 8.02. The molecule has 1 N–H and O–H groups in total. The number of amides is 2. The Bertz CT molecular complexity index is 1010. The lowest BCUT2D eigenvalue weighted by molar-refractivity contribution is -0.113. The van der Waals surface area contributed by atoms with E-state index in [0.29, 0.717) is 36.6 Å². The van der Waals surface area contributed by atoms with Crippen LogP contribution in [0.2, 0.25) is 0 Å². The summed E-state index contributed by atoms with van der Waals surface area (Å²) in [7, 11) is 0. The number of rotatable bonds is 4. The van der Waals surface area contributed by atoms with Crippen LogP contribution in [0.3, 0.4) is 0 Å². The van der Waals surface area contributed by atoms with Crippen LogP contribution in [0.1, 0.15) is 28.4 Å². The van der Waals surface area contributed by atoms with Crippen molar-refractivity contribution in [2.45, 2.75) is 18.9 Å². The molecule has 152 valence electrons. The number of likely N-dealkylation sites (tertiary alicyclic amines) is 1. The van der Waals surface area contributed by atoms with Gasteiger partial charge in [0.2, 0.25) is 5.91 Å². The Morgan fingerprint density at radius 1 is 1.14 bits per heavy atom. The molecule has 0 aliphatic carbocycles. The average Bonchev–Trinajstić information content (AvgIpc) is 2.70. The number of carbonyl (C=O) groups is 2. The number of anilines is 1. The van der Waals surface area contributed by atoms with E-state index < -0.39 is 0 Å². The minimum Gasteiger partial charge on any atom is -0.338 e. The maximum Gasteiger partial charge on any atom is 0.253 e. The van der Waals surface area contributed by atoms with E-state index in [1.807, 2.05) is 6.26 Å². The van der Waals surface area contributed by atoms with Crippen molar-refractivity contribution in [1.82, 2.24) is 9.47 Å². The molecule has 1 saturated heterocycles. The third-order valence-corrected chi connectivity index (χ3v) is 6.07. The van der Waals surface area contributed by atoms with Crippen LogP contribution in [-0.4, -0.2) is 46.4 Å². The van der Waals surface area contributed by atoms with E-state index in [1.165, 1.54) is 42.1 Å². The van der Waals surface area contributed by atoms with Crippen molar-refractivity contribution in [2.24, 2.45) is 5.92 Å². The number of nitrogens with zero attached hydrogens (tertiary/aromatic N) is 2. The third kappa shape index (κ3) is 3.94. The minimum atomic E-state index is -0.379. The third-order valence-electron chi connectivity index (χ3n) is 5.52. The smallest absolute Gasteiger partial charge is 0.253 e. The van der Waals surface area contributed by atoms with E-state index in [1.54, 1.807) is 15.5 Å². The number of benzene rings is 1. The zero-order chi connectivity index (χ0) is 20.5. The summed E-state index contributed by atoms with van der Waals surface area (Å²) in [5.41, 5.74) is 1.80. The molecule has 1 aromatic heterocycles. The summed E-state index contributed by atoms with van der Waals surface area (Å²) in [5, 5.41) is 2.92. The highest BCUT2D eigenvalue weighted by Gasteiger charge is 2.38. The number of nitrogens with one attached hydrogen (secondary N) is 1. The van der Waals surface area contributed by atoms with Gasteiger partial charge < -0.3 is 14.8 Å². The average molecular weight is 415 g/mol. The summed E-state index contributed by atoms with van der Waals surface area (Å²) >= 11 is 1.43. The summed E-state index contributed by atoms with van der Waals surface area (Å²) in [6.45, 7) is 1.54. The van der Waals surface area contributed by atoms with Crippen LogP contribution in [0.5, 0.6) is 0 Å². The fraction of sp³-hybridized carbons (Fsp3) is 0.381. The summed E-state index contributed by atoms with van der Waals surface area (Å²) in [6, 6.07) is 8.70. The van der Waals surface area contributed by atoms with Crippen molar-refractivity contribution in [3.63, 3.8) is 0 Å². The van der Waals surface area contributed by atoms with Crippen molar-refractivity contribution in [3.8, 4) is 0 Å². The lowest BCUT2D eigenvalue weighted by atomic mass is 9.82. The normalized spacial score (nSPS) is 20.1. The maximum atomic E-state index is 13.2. The first kappa shape index (κ1) is 19.7. The predicted octanol–water partition coefficient (Wildman–Crippen LogP) is 2.55. The van der Waals surface area contributed by atoms with Crippen molar-refractivity contribution in [2.75, 3.05) is 30.4 Å². The van der Waals surface area contributed by atoms with E-state index in [2.05, 4.69) is 5.32 Å². The quantitative estimate of drug-likeness (QED) is 0.833. The Morgan fingerprint density at radius 3 is 2.62 bits per heavy atom. The largest absolute Gasteiger partial charge is 0.338 e. The number of halogens is 1. The van der Waals surface area contributed by atoms with Crippen LogP contribution < -0.4 is 10.9 Å². The fourth-order valence-electron chi connectivity index (χ4n) is 4.38. The number of pyridine rings is 1. The van der Waals surface area contributed by atoms with Gasteiger partial charge in [-0.05, 0) is 48.9 Å². The van der Waals surface area contributed by atoms with Crippen LogP contribution in [0.25, 0.3) is 0 Å². The number of aromatic nitrogens is 1. The minimum absolute atomic E-state index is 0.0367. The fourth-order valence-corrected chi connectivity index (χ4v) is 4.71. The summed E-state index contributed by atoms with van der Waals surface area (Å²) in [5.74, 6) is -0.168. The highest BCUT2D eigenvalue weighted by Crippen LogP contribution is 2.38. The molecule has 8 heteroatoms. The molecule has 2 aliphatic rings. The molecule has 29 heavy (non-hydrogen) atoms. The van der Waals surface area contributed by atoms with Gasteiger partial charge >= 0.3 is 0 Å². The first-order valence-corrected chi connectivity index (χ1v) is 10.9. The van der Waals surface area contributed by atoms with Gasteiger partial charge in [0.05, 0.1) is 11.4 Å². The molecule has 2 amide bonds. The molecule has 0 unspecified atom stereocenters. The van der Waals surface area contributed by atoms with Crippen molar-refractivity contribution < 1.29 is 14.0 Å². The first-order valence-electron chi connectivity index (χ1n) is 9.53. The SMILES string of the molecule is CSCC(=O)Nc1ccc(=O)n2c1[C@@H]1C[C@@H](CN(C(=O)c3ccc(F)cc3)C1)C2. The predicted molar refractivity (Wildman–Crippen MR) is 111 cm³/mol. The number of fused-ring (bicyclic) bond motifs is 4. The lowest BCUT2D eigenvalue weighted by Crippen LogP contribution is -2.49. The van der Waals surface area contributed by atoms with Gasteiger partial charge in [-0.25, -0.2) is 4.39 Å². The molecule has 2 aliphatic heterocycles. The second-order valence-corrected chi connectivity index (χ2v) is 8.44. The summed E-state index contributed by atoms with van der Waals surface area (Å²) in [4.78, 5) is 39.3. The lowest BCUT2D eigenvalue weighted by Gasteiger charge is -2.43. The van der Waals surface area contributed by atoms with Gasteiger partial charge in [0.1, 0.15) is 5.82 Å². The van der Waals surface area contributed by atoms with Gasteiger partial charge in [-0.15, -0.1) is 0 Å². The van der Waals surface area contributed by atoms with Gasteiger partial charge in [0.15, 0.2) is 0 Å². The molecule has 1 aromatic carbocycles. The van der Waals surface area contributed by atoms with E-state index in [0.717, 1.165) is 12.1 Å². The number of hydrogen-bond acceptors (Lipinski definition) is 4. The standard InChI is InChI=1S/C21H22FN3O3S/c1-29-12-18(26)23-17-6-7-19(27)25-10-13-8-15(20(17)25)11-24(9-13)21(28)14-2-4-16(22)5-3-14/h2-7,13,15H,8-12H2,1H3,(H,23,26)/t13-,15+/m0/s1. The monoisotopic (exact) mass is 415 g/mol. The highest BCUT2D eigenvalue weighted by molar-refractivity contribution is 7.99. The van der Waals surface area contributed by atoms with Crippen LogP contribution in [0, 0.1) is 11.7 Å². The first-order chi connectivity index (χ1) is 14.0.